The fraction of sp³-hybridized carbons (Fsp3) is 0.692. The summed E-state index contributed by atoms with van der Waals surface area (Å²) in [5.41, 5.74) is 0.263. The third kappa shape index (κ3) is 2.67. The molecule has 0 spiro atoms. The number of rotatable bonds is 3. The van der Waals surface area contributed by atoms with E-state index >= 15 is 0 Å². The summed E-state index contributed by atoms with van der Waals surface area (Å²) in [6.07, 6.45) is 2.70. The molecule has 2 rings (SSSR count). The van der Waals surface area contributed by atoms with Crippen LogP contribution < -0.4 is 5.56 Å². The Morgan fingerprint density at radius 1 is 1.56 bits per heavy atom. The summed E-state index contributed by atoms with van der Waals surface area (Å²) >= 11 is 3.32. The van der Waals surface area contributed by atoms with Gasteiger partial charge in [-0.1, -0.05) is 13.8 Å². The first-order chi connectivity index (χ1) is 8.42. The van der Waals surface area contributed by atoms with Crippen LogP contribution in [0.15, 0.2) is 9.27 Å². The number of nitrogens with zero attached hydrogens (tertiary/aromatic N) is 1. The molecule has 0 bridgehead atoms. The molecular weight excluding hydrogens is 296 g/mol. The molecule has 5 heteroatoms. The second-order valence-corrected chi connectivity index (χ2v) is 6.25. The highest BCUT2D eigenvalue weighted by molar-refractivity contribution is 9.10. The molecule has 1 N–H and O–H groups in total. The molecule has 1 fully saturated rings. The lowest BCUT2D eigenvalue weighted by molar-refractivity contribution is 0.00888. The lowest BCUT2D eigenvalue weighted by atomic mass is 10.0. The van der Waals surface area contributed by atoms with Gasteiger partial charge in [-0.15, -0.1) is 0 Å². The summed E-state index contributed by atoms with van der Waals surface area (Å²) in [6.45, 7) is 6.95. The number of hydrogen-bond donors (Lipinski definition) is 1. The molecule has 1 atom stereocenters. The standard InChI is InChI=1S/C13H19BrN2O2/c1-8(2)7-9-10(14)11(17)16-12(15-9)13(3)5-4-6-18-13/h8H,4-7H2,1-3H3,(H,15,16,17). The van der Waals surface area contributed by atoms with Crippen molar-refractivity contribution in [2.24, 2.45) is 5.92 Å². The normalized spacial score (nSPS) is 23.8. The predicted octanol–water partition coefficient (Wildman–Crippen LogP) is 2.76. The van der Waals surface area contributed by atoms with E-state index in [0.717, 1.165) is 31.6 Å². The zero-order valence-electron chi connectivity index (χ0n) is 11.0. The van der Waals surface area contributed by atoms with Crippen LogP contribution in [0.3, 0.4) is 0 Å². The van der Waals surface area contributed by atoms with Gasteiger partial charge in [0.1, 0.15) is 15.9 Å². The van der Waals surface area contributed by atoms with Crippen molar-refractivity contribution in [1.82, 2.24) is 9.97 Å². The fourth-order valence-corrected chi connectivity index (χ4v) is 2.59. The number of H-pyrrole nitrogens is 1. The van der Waals surface area contributed by atoms with E-state index in [1.807, 2.05) is 6.92 Å². The number of aromatic amines is 1. The van der Waals surface area contributed by atoms with Crippen LogP contribution in [0.1, 0.15) is 45.1 Å². The Bertz CT molecular complexity index is 490. The van der Waals surface area contributed by atoms with Crippen LogP contribution in [0.25, 0.3) is 0 Å². The van der Waals surface area contributed by atoms with Crippen molar-refractivity contribution >= 4 is 15.9 Å². The molecule has 0 aliphatic carbocycles. The highest BCUT2D eigenvalue weighted by Gasteiger charge is 2.35. The summed E-state index contributed by atoms with van der Waals surface area (Å²) in [5.74, 6) is 1.12. The predicted molar refractivity (Wildman–Crippen MR) is 73.6 cm³/mol. The van der Waals surface area contributed by atoms with Gasteiger partial charge in [0.15, 0.2) is 0 Å². The van der Waals surface area contributed by atoms with Crippen molar-refractivity contribution in [3.05, 3.63) is 26.3 Å². The first-order valence-electron chi connectivity index (χ1n) is 6.35. The molecule has 2 heterocycles. The van der Waals surface area contributed by atoms with E-state index < -0.39 is 5.60 Å². The molecule has 1 saturated heterocycles. The van der Waals surface area contributed by atoms with Gasteiger partial charge in [-0.05, 0) is 48.0 Å². The summed E-state index contributed by atoms with van der Waals surface area (Å²) in [5, 5.41) is 0. The summed E-state index contributed by atoms with van der Waals surface area (Å²) in [4.78, 5) is 19.4. The molecule has 18 heavy (non-hydrogen) atoms. The van der Waals surface area contributed by atoms with Crippen molar-refractivity contribution in [3.8, 4) is 0 Å². The number of ether oxygens (including phenoxy) is 1. The van der Waals surface area contributed by atoms with Gasteiger partial charge in [-0.2, -0.15) is 0 Å². The first-order valence-corrected chi connectivity index (χ1v) is 7.15. The van der Waals surface area contributed by atoms with Crippen molar-refractivity contribution in [3.63, 3.8) is 0 Å². The largest absolute Gasteiger partial charge is 0.367 e. The minimum absolute atomic E-state index is 0.118. The molecule has 1 aliphatic heterocycles. The average molecular weight is 315 g/mol. The Morgan fingerprint density at radius 2 is 2.28 bits per heavy atom. The van der Waals surface area contributed by atoms with Gasteiger partial charge in [0, 0.05) is 6.61 Å². The van der Waals surface area contributed by atoms with E-state index in [1.54, 1.807) is 0 Å². The number of hydrogen-bond acceptors (Lipinski definition) is 3. The van der Waals surface area contributed by atoms with E-state index in [9.17, 15) is 4.79 Å². The zero-order chi connectivity index (χ0) is 13.3. The summed E-state index contributed by atoms with van der Waals surface area (Å²) < 4.78 is 6.28. The van der Waals surface area contributed by atoms with Gasteiger partial charge < -0.3 is 9.72 Å². The van der Waals surface area contributed by atoms with E-state index in [-0.39, 0.29) is 5.56 Å². The second-order valence-electron chi connectivity index (χ2n) is 5.46. The molecule has 4 nitrogen and oxygen atoms in total. The highest BCUT2D eigenvalue weighted by atomic mass is 79.9. The summed E-state index contributed by atoms with van der Waals surface area (Å²) in [6, 6.07) is 0. The van der Waals surface area contributed by atoms with Gasteiger partial charge in [-0.25, -0.2) is 4.98 Å². The molecule has 1 aliphatic rings. The second kappa shape index (κ2) is 5.13. The molecule has 0 amide bonds. The average Bonchev–Trinajstić information content (AvgIpc) is 2.72. The van der Waals surface area contributed by atoms with Gasteiger partial charge >= 0.3 is 0 Å². The first kappa shape index (κ1) is 13.7. The number of halogens is 1. The number of aromatic nitrogens is 2. The van der Waals surface area contributed by atoms with Gasteiger partial charge in [-0.3, -0.25) is 4.79 Å². The maximum absolute atomic E-state index is 11.9. The molecule has 1 aromatic rings. The quantitative estimate of drug-likeness (QED) is 0.933. The Kier molecular flexibility index (Phi) is 3.92. The van der Waals surface area contributed by atoms with Crippen LogP contribution in [0.2, 0.25) is 0 Å². The van der Waals surface area contributed by atoms with E-state index in [1.165, 1.54) is 0 Å². The molecule has 0 radical (unpaired) electrons. The Morgan fingerprint density at radius 3 is 2.83 bits per heavy atom. The maximum atomic E-state index is 11.9. The van der Waals surface area contributed by atoms with E-state index in [0.29, 0.717) is 16.2 Å². The molecule has 100 valence electrons. The molecular formula is C13H19BrN2O2. The molecule has 1 aromatic heterocycles. The van der Waals surface area contributed by atoms with Gasteiger partial charge in [0.05, 0.1) is 5.69 Å². The van der Waals surface area contributed by atoms with Gasteiger partial charge in [0.2, 0.25) is 0 Å². The molecule has 0 saturated carbocycles. The molecule has 0 aromatic carbocycles. The number of nitrogens with one attached hydrogen (secondary N) is 1. The SMILES string of the molecule is CC(C)Cc1nc(C2(C)CCCO2)[nH]c(=O)c1Br. The lowest BCUT2D eigenvalue weighted by Crippen LogP contribution is -2.28. The monoisotopic (exact) mass is 314 g/mol. The third-order valence-electron chi connectivity index (χ3n) is 3.25. The minimum atomic E-state index is -0.439. The zero-order valence-corrected chi connectivity index (χ0v) is 12.6. The van der Waals surface area contributed by atoms with Crippen LogP contribution in [-0.2, 0) is 16.8 Å². The third-order valence-corrected chi connectivity index (χ3v) is 4.07. The van der Waals surface area contributed by atoms with Crippen LogP contribution in [-0.4, -0.2) is 16.6 Å². The topological polar surface area (TPSA) is 55.0 Å². The Balaban J connectivity index is 2.43. The minimum Gasteiger partial charge on any atom is -0.367 e. The summed E-state index contributed by atoms with van der Waals surface area (Å²) in [7, 11) is 0. The van der Waals surface area contributed by atoms with E-state index in [4.69, 9.17) is 4.74 Å². The van der Waals surface area contributed by atoms with Crippen molar-refractivity contribution in [2.45, 2.75) is 45.6 Å². The van der Waals surface area contributed by atoms with Crippen molar-refractivity contribution < 1.29 is 4.74 Å². The van der Waals surface area contributed by atoms with Crippen LogP contribution in [0, 0.1) is 5.92 Å². The Hall–Kier alpha value is -0.680. The van der Waals surface area contributed by atoms with Crippen LogP contribution >= 0.6 is 15.9 Å². The fourth-order valence-electron chi connectivity index (χ4n) is 2.24. The van der Waals surface area contributed by atoms with Crippen LogP contribution in [0.5, 0.6) is 0 Å². The lowest BCUT2D eigenvalue weighted by Gasteiger charge is -2.22. The van der Waals surface area contributed by atoms with E-state index in [2.05, 4.69) is 39.7 Å². The molecule has 1 unspecified atom stereocenters. The Labute approximate surface area is 115 Å². The van der Waals surface area contributed by atoms with Gasteiger partial charge in [0.25, 0.3) is 5.56 Å². The van der Waals surface area contributed by atoms with Crippen LogP contribution in [0.4, 0.5) is 0 Å². The smallest absolute Gasteiger partial charge is 0.265 e. The maximum Gasteiger partial charge on any atom is 0.265 e. The van der Waals surface area contributed by atoms with Crippen molar-refractivity contribution in [1.29, 1.82) is 0 Å². The van der Waals surface area contributed by atoms with Crippen molar-refractivity contribution in [2.75, 3.05) is 6.61 Å². The highest BCUT2D eigenvalue weighted by Crippen LogP contribution is 2.33.